The van der Waals surface area contributed by atoms with Crippen LogP contribution in [-0.4, -0.2) is 55.7 Å². The summed E-state index contributed by atoms with van der Waals surface area (Å²) < 4.78 is 27.9. The Morgan fingerprint density at radius 1 is 1.06 bits per heavy atom. The number of nitrogens with one attached hydrogen (secondary N) is 3. The molecule has 34 heavy (non-hydrogen) atoms. The van der Waals surface area contributed by atoms with E-state index < -0.39 is 21.5 Å². The monoisotopic (exact) mass is 480 g/mol. The first kappa shape index (κ1) is 22.6. The predicted molar refractivity (Wildman–Crippen MR) is 128 cm³/mol. The van der Waals surface area contributed by atoms with E-state index in [2.05, 4.69) is 21.7 Å². The smallest absolute Gasteiger partial charge is 0.243 e. The molecular formula is C25H28N4O4S. The molecule has 3 atom stereocenters. The van der Waals surface area contributed by atoms with Gasteiger partial charge in [-0.15, -0.1) is 0 Å². The molecule has 8 nitrogen and oxygen atoms in total. The van der Waals surface area contributed by atoms with Gasteiger partial charge in [0.1, 0.15) is 6.04 Å². The fourth-order valence-electron chi connectivity index (χ4n) is 5.24. The van der Waals surface area contributed by atoms with Gasteiger partial charge in [0.15, 0.2) is 0 Å². The van der Waals surface area contributed by atoms with E-state index >= 15 is 0 Å². The minimum Gasteiger partial charge on any atom is -0.361 e. The molecular weight excluding hydrogens is 452 g/mol. The van der Waals surface area contributed by atoms with Crippen molar-refractivity contribution in [1.29, 1.82) is 0 Å². The maximum Gasteiger partial charge on any atom is 0.243 e. The number of carbonyl (C=O) groups excluding carboxylic acids is 2. The Bertz CT molecular complexity index is 1340. The van der Waals surface area contributed by atoms with Crippen LogP contribution >= 0.6 is 0 Å². The summed E-state index contributed by atoms with van der Waals surface area (Å²) in [6.07, 6.45) is 3.59. The highest BCUT2D eigenvalue weighted by Gasteiger charge is 2.65. The Kier molecular flexibility index (Phi) is 5.69. The van der Waals surface area contributed by atoms with Crippen LogP contribution in [0, 0.1) is 11.3 Å². The Balaban J connectivity index is 1.26. The Morgan fingerprint density at radius 3 is 2.56 bits per heavy atom. The van der Waals surface area contributed by atoms with E-state index in [1.165, 1.54) is 23.5 Å². The van der Waals surface area contributed by atoms with Crippen molar-refractivity contribution >= 4 is 32.7 Å². The number of sulfonamides is 1. The molecule has 0 bridgehead atoms. The van der Waals surface area contributed by atoms with E-state index in [0.29, 0.717) is 25.8 Å². The molecule has 2 aliphatic rings. The lowest BCUT2D eigenvalue weighted by molar-refractivity contribution is -0.124. The highest BCUT2D eigenvalue weighted by molar-refractivity contribution is 7.89. The van der Waals surface area contributed by atoms with Gasteiger partial charge in [-0.3, -0.25) is 9.59 Å². The zero-order valence-corrected chi connectivity index (χ0v) is 19.8. The number of nitrogens with zero attached hydrogens (tertiary/aromatic N) is 1. The Morgan fingerprint density at radius 2 is 1.79 bits per heavy atom. The van der Waals surface area contributed by atoms with Gasteiger partial charge >= 0.3 is 0 Å². The van der Waals surface area contributed by atoms with E-state index in [9.17, 15) is 18.0 Å². The van der Waals surface area contributed by atoms with Crippen molar-refractivity contribution in [3.63, 3.8) is 0 Å². The Hall–Kier alpha value is -3.17. The molecule has 0 unspecified atom stereocenters. The molecule has 178 valence electrons. The maximum absolute atomic E-state index is 13.3. The van der Waals surface area contributed by atoms with Crippen LogP contribution in [0.25, 0.3) is 10.9 Å². The first-order valence-electron chi connectivity index (χ1n) is 11.5. The third kappa shape index (κ3) is 3.88. The third-order valence-corrected chi connectivity index (χ3v) is 9.06. The molecule has 5 rings (SSSR count). The molecule has 2 aromatic carbocycles. The lowest BCUT2D eigenvalue weighted by atomic mass is 9.99. The molecule has 1 saturated heterocycles. The van der Waals surface area contributed by atoms with Gasteiger partial charge in [-0.05, 0) is 48.4 Å². The standard InChI is InChI=1S/C25H28N4O4S/c1-26-24(31)22-14-25(16-29(22)34(32,33)18-7-3-2-4-8-18)13-20(25)23(30)27-12-11-17-15-28-21-10-6-5-9-19(17)21/h2-10,15,20,22,28H,11-14,16H2,1H3,(H,26,31)(H,27,30)/t20-,22+,25+/m1/s1. The van der Waals surface area contributed by atoms with Crippen LogP contribution in [0.1, 0.15) is 18.4 Å². The second-order valence-corrected chi connectivity index (χ2v) is 11.1. The van der Waals surface area contributed by atoms with Crippen molar-refractivity contribution < 1.29 is 18.0 Å². The van der Waals surface area contributed by atoms with Crippen molar-refractivity contribution in [2.24, 2.45) is 11.3 Å². The van der Waals surface area contributed by atoms with E-state index in [4.69, 9.17) is 0 Å². The largest absolute Gasteiger partial charge is 0.361 e. The van der Waals surface area contributed by atoms with E-state index in [1.54, 1.807) is 18.2 Å². The van der Waals surface area contributed by atoms with Crippen LogP contribution in [0.3, 0.4) is 0 Å². The minimum atomic E-state index is -3.85. The molecule has 3 aromatic rings. The maximum atomic E-state index is 13.3. The summed E-state index contributed by atoms with van der Waals surface area (Å²) in [6, 6.07) is 15.4. The van der Waals surface area contributed by atoms with Gasteiger partial charge in [-0.25, -0.2) is 8.42 Å². The van der Waals surface area contributed by atoms with Gasteiger partial charge in [-0.1, -0.05) is 36.4 Å². The predicted octanol–water partition coefficient (Wildman–Crippen LogP) is 2.04. The average Bonchev–Trinajstić information content (AvgIpc) is 3.19. The molecule has 2 fully saturated rings. The van der Waals surface area contributed by atoms with Crippen LogP contribution in [0.5, 0.6) is 0 Å². The van der Waals surface area contributed by atoms with Crippen LogP contribution in [0.4, 0.5) is 0 Å². The molecule has 3 N–H and O–H groups in total. The summed E-state index contributed by atoms with van der Waals surface area (Å²) in [5.74, 6) is -0.713. The highest BCUT2D eigenvalue weighted by atomic mass is 32.2. The molecule has 2 heterocycles. The van der Waals surface area contributed by atoms with E-state index in [-0.39, 0.29) is 29.2 Å². The molecule has 1 aliphatic heterocycles. The van der Waals surface area contributed by atoms with Crippen molar-refractivity contribution in [1.82, 2.24) is 19.9 Å². The topological polar surface area (TPSA) is 111 Å². The molecule has 0 radical (unpaired) electrons. The number of hydrogen-bond donors (Lipinski definition) is 3. The number of benzene rings is 2. The summed E-state index contributed by atoms with van der Waals surface area (Å²) in [4.78, 5) is 28.9. The quantitative estimate of drug-likeness (QED) is 0.481. The van der Waals surface area contributed by atoms with Gasteiger partial charge in [0, 0.05) is 43.2 Å². The number of amides is 2. The number of hydrogen-bond acceptors (Lipinski definition) is 4. The van der Waals surface area contributed by atoms with Gasteiger partial charge < -0.3 is 15.6 Å². The zero-order chi connectivity index (χ0) is 23.9. The van der Waals surface area contributed by atoms with Crippen LogP contribution in [-0.2, 0) is 26.0 Å². The number of aromatic amines is 1. The second-order valence-electron chi connectivity index (χ2n) is 9.22. The highest BCUT2D eigenvalue weighted by Crippen LogP contribution is 2.61. The first-order valence-corrected chi connectivity index (χ1v) is 12.9. The summed E-state index contributed by atoms with van der Waals surface area (Å²) >= 11 is 0. The number of H-pyrrole nitrogens is 1. The minimum absolute atomic E-state index is 0.0746. The zero-order valence-electron chi connectivity index (χ0n) is 19.0. The van der Waals surface area contributed by atoms with Crippen molar-refractivity contribution in [3.05, 3.63) is 66.4 Å². The lowest BCUT2D eigenvalue weighted by Crippen LogP contribution is -2.44. The fraction of sp³-hybridized carbons (Fsp3) is 0.360. The fourth-order valence-corrected chi connectivity index (χ4v) is 6.95. The van der Waals surface area contributed by atoms with E-state index in [1.807, 2.05) is 24.4 Å². The number of likely N-dealkylation sites (N-methyl/N-ethyl adjacent to an activating group) is 1. The number of para-hydroxylation sites is 1. The summed E-state index contributed by atoms with van der Waals surface area (Å²) in [6.45, 7) is 0.668. The van der Waals surface area contributed by atoms with Gasteiger partial charge in [-0.2, -0.15) is 4.31 Å². The lowest BCUT2D eigenvalue weighted by Gasteiger charge is -2.22. The summed E-state index contributed by atoms with van der Waals surface area (Å²) in [5.41, 5.74) is 1.71. The van der Waals surface area contributed by atoms with Crippen molar-refractivity contribution in [2.45, 2.75) is 30.2 Å². The van der Waals surface area contributed by atoms with Gasteiger partial charge in [0.25, 0.3) is 0 Å². The number of aromatic nitrogens is 1. The Labute approximate surface area is 198 Å². The number of rotatable bonds is 7. The molecule has 2 amide bonds. The third-order valence-electron chi connectivity index (χ3n) is 7.19. The summed E-state index contributed by atoms with van der Waals surface area (Å²) in [5, 5.41) is 6.75. The molecule has 1 aromatic heterocycles. The van der Waals surface area contributed by atoms with Crippen LogP contribution in [0.2, 0.25) is 0 Å². The van der Waals surface area contributed by atoms with Crippen LogP contribution < -0.4 is 10.6 Å². The number of carbonyl (C=O) groups is 2. The summed E-state index contributed by atoms with van der Waals surface area (Å²) in [7, 11) is -2.35. The molecule has 1 spiro atoms. The normalized spacial score (nSPS) is 24.4. The number of fused-ring (bicyclic) bond motifs is 1. The van der Waals surface area contributed by atoms with Crippen molar-refractivity contribution in [3.8, 4) is 0 Å². The van der Waals surface area contributed by atoms with Gasteiger partial charge in [0.2, 0.25) is 21.8 Å². The van der Waals surface area contributed by atoms with Crippen molar-refractivity contribution in [2.75, 3.05) is 20.1 Å². The van der Waals surface area contributed by atoms with Crippen LogP contribution in [0.15, 0.2) is 65.7 Å². The SMILES string of the molecule is CNC(=O)[C@@H]1C[C@@]2(C[C@@H]2C(=O)NCCc2c[nH]c3ccccc23)CN1S(=O)(=O)c1ccccc1. The van der Waals surface area contributed by atoms with Gasteiger partial charge in [0.05, 0.1) is 4.90 Å². The molecule has 9 heteroatoms. The average molecular weight is 481 g/mol. The first-order chi connectivity index (χ1) is 16.4. The molecule has 1 aliphatic carbocycles. The molecule has 1 saturated carbocycles. The van der Waals surface area contributed by atoms with E-state index in [0.717, 1.165) is 16.5 Å². The second kappa shape index (κ2) is 8.56.